The van der Waals surface area contributed by atoms with Gasteiger partial charge in [-0.15, -0.1) is 11.3 Å². The molecule has 2 fully saturated rings. The molecule has 2 saturated heterocycles. The van der Waals surface area contributed by atoms with E-state index in [-0.39, 0.29) is 24.7 Å². The molecule has 8 nitrogen and oxygen atoms in total. The number of rotatable bonds is 4. The second-order valence-corrected chi connectivity index (χ2v) is 13.1. The standard InChI is InChI=1S/C20H25N3O5S3/c1-15-14-19(16(2)29-15)31(27,28)22-11-9-21(10-12-22)20(24)17-4-6-18(7-5-17)23-8-3-13-30(23,25)26/h4-7,14H,3,8-13H2,1-2H3. The Morgan fingerprint density at radius 1 is 1.00 bits per heavy atom. The minimum atomic E-state index is -3.57. The van der Waals surface area contributed by atoms with E-state index in [2.05, 4.69) is 0 Å². The topological polar surface area (TPSA) is 95.1 Å². The molecule has 11 heteroatoms. The number of piperazine rings is 1. The summed E-state index contributed by atoms with van der Waals surface area (Å²) in [6, 6.07) is 8.27. The summed E-state index contributed by atoms with van der Waals surface area (Å²) in [4.78, 5) is 16.6. The molecule has 1 aromatic heterocycles. The van der Waals surface area contributed by atoms with Crippen LogP contribution in [-0.2, 0) is 20.0 Å². The summed E-state index contributed by atoms with van der Waals surface area (Å²) in [5.41, 5.74) is 1.02. The van der Waals surface area contributed by atoms with Crippen molar-refractivity contribution >= 4 is 43.0 Å². The average Bonchev–Trinajstić information content (AvgIpc) is 3.28. The fourth-order valence-electron chi connectivity index (χ4n) is 4.02. The van der Waals surface area contributed by atoms with Crippen LogP contribution in [0.15, 0.2) is 35.2 Å². The Morgan fingerprint density at radius 3 is 2.16 bits per heavy atom. The molecule has 1 aromatic carbocycles. The van der Waals surface area contributed by atoms with Gasteiger partial charge in [-0.1, -0.05) is 0 Å². The number of carbonyl (C=O) groups is 1. The summed E-state index contributed by atoms with van der Waals surface area (Å²) < 4.78 is 52.9. The maximum Gasteiger partial charge on any atom is 0.253 e. The Kier molecular flexibility index (Phi) is 5.88. The molecule has 4 rings (SSSR count). The summed E-state index contributed by atoms with van der Waals surface area (Å²) in [7, 11) is -6.83. The normalized spacial score (nSPS) is 19.7. The third-order valence-corrected chi connectivity index (χ3v) is 10.6. The van der Waals surface area contributed by atoms with Crippen LogP contribution in [0.3, 0.4) is 0 Å². The SMILES string of the molecule is Cc1cc(S(=O)(=O)N2CCN(C(=O)c3ccc(N4CCCS4(=O)=O)cc3)CC2)c(C)s1. The number of carbonyl (C=O) groups excluding carboxylic acids is 1. The molecular formula is C20H25N3O5S3. The van der Waals surface area contributed by atoms with E-state index in [1.807, 2.05) is 6.92 Å². The van der Waals surface area contributed by atoms with E-state index in [0.717, 1.165) is 9.75 Å². The van der Waals surface area contributed by atoms with Crippen LogP contribution in [0.1, 0.15) is 26.5 Å². The quantitative estimate of drug-likeness (QED) is 0.663. The van der Waals surface area contributed by atoms with Crippen LogP contribution >= 0.6 is 11.3 Å². The Balaban J connectivity index is 1.42. The number of sulfonamides is 2. The van der Waals surface area contributed by atoms with Crippen LogP contribution in [0, 0.1) is 13.8 Å². The van der Waals surface area contributed by atoms with Gasteiger partial charge in [0.15, 0.2) is 0 Å². The second-order valence-electron chi connectivity index (χ2n) is 7.76. The summed E-state index contributed by atoms with van der Waals surface area (Å²) in [6.07, 6.45) is 0.598. The molecule has 0 aliphatic carbocycles. The van der Waals surface area contributed by atoms with Gasteiger partial charge in [0.1, 0.15) is 0 Å². The van der Waals surface area contributed by atoms with Crippen molar-refractivity contribution < 1.29 is 21.6 Å². The number of aryl methyl sites for hydroxylation is 2. The lowest BCUT2D eigenvalue weighted by molar-refractivity contribution is 0.0698. The molecule has 0 radical (unpaired) electrons. The predicted octanol–water partition coefficient (Wildman–Crippen LogP) is 2.05. The van der Waals surface area contributed by atoms with Crippen molar-refractivity contribution in [3.05, 3.63) is 45.6 Å². The summed E-state index contributed by atoms with van der Waals surface area (Å²) in [6.45, 7) is 5.25. The Morgan fingerprint density at radius 2 is 1.65 bits per heavy atom. The van der Waals surface area contributed by atoms with Crippen molar-refractivity contribution in [1.82, 2.24) is 9.21 Å². The molecule has 2 aliphatic heterocycles. The van der Waals surface area contributed by atoms with Gasteiger partial charge < -0.3 is 4.90 Å². The fraction of sp³-hybridized carbons (Fsp3) is 0.450. The van der Waals surface area contributed by atoms with Crippen molar-refractivity contribution in [2.24, 2.45) is 0 Å². The first-order chi connectivity index (χ1) is 14.6. The van der Waals surface area contributed by atoms with Crippen LogP contribution in [0.25, 0.3) is 0 Å². The third kappa shape index (κ3) is 4.23. The second kappa shape index (κ2) is 8.19. The highest BCUT2D eigenvalue weighted by Crippen LogP contribution is 2.29. The number of thiophene rings is 1. The van der Waals surface area contributed by atoms with Crippen molar-refractivity contribution in [1.29, 1.82) is 0 Å². The van der Waals surface area contributed by atoms with E-state index in [0.29, 0.717) is 42.2 Å². The Bertz CT molecular complexity index is 1200. The Hall–Kier alpha value is -1.95. The number of anilines is 1. The average molecular weight is 484 g/mol. The predicted molar refractivity (Wildman–Crippen MR) is 121 cm³/mol. The van der Waals surface area contributed by atoms with Crippen LogP contribution < -0.4 is 4.31 Å². The highest BCUT2D eigenvalue weighted by molar-refractivity contribution is 7.93. The zero-order chi connectivity index (χ0) is 22.4. The monoisotopic (exact) mass is 483 g/mol. The lowest BCUT2D eigenvalue weighted by Gasteiger charge is -2.34. The van der Waals surface area contributed by atoms with E-state index in [4.69, 9.17) is 0 Å². The van der Waals surface area contributed by atoms with E-state index >= 15 is 0 Å². The van der Waals surface area contributed by atoms with Crippen LogP contribution in [0.4, 0.5) is 5.69 Å². The van der Waals surface area contributed by atoms with Gasteiger partial charge in [0, 0.05) is 48.0 Å². The van der Waals surface area contributed by atoms with E-state index < -0.39 is 20.0 Å². The van der Waals surface area contributed by atoms with E-state index in [1.54, 1.807) is 42.2 Å². The Labute approximate surface area is 187 Å². The van der Waals surface area contributed by atoms with Gasteiger partial charge in [-0.3, -0.25) is 9.10 Å². The van der Waals surface area contributed by atoms with Crippen molar-refractivity contribution in [3.8, 4) is 0 Å². The van der Waals surface area contributed by atoms with Gasteiger partial charge in [0.2, 0.25) is 20.0 Å². The van der Waals surface area contributed by atoms with Gasteiger partial charge >= 0.3 is 0 Å². The van der Waals surface area contributed by atoms with Gasteiger partial charge in [0.05, 0.1) is 16.3 Å². The van der Waals surface area contributed by atoms with Gasteiger partial charge in [-0.2, -0.15) is 4.31 Å². The van der Waals surface area contributed by atoms with Crippen LogP contribution in [0.2, 0.25) is 0 Å². The number of nitrogens with zero attached hydrogens (tertiary/aromatic N) is 3. The zero-order valence-electron chi connectivity index (χ0n) is 17.4. The first kappa shape index (κ1) is 22.3. The lowest BCUT2D eigenvalue weighted by atomic mass is 10.1. The highest BCUT2D eigenvalue weighted by Gasteiger charge is 2.32. The molecule has 0 bridgehead atoms. The molecular weight excluding hydrogens is 458 g/mol. The molecule has 3 heterocycles. The van der Waals surface area contributed by atoms with Crippen molar-refractivity contribution in [3.63, 3.8) is 0 Å². The maximum atomic E-state index is 13.0. The van der Waals surface area contributed by atoms with Crippen LogP contribution in [0.5, 0.6) is 0 Å². The molecule has 0 N–H and O–H groups in total. The number of amides is 1. The van der Waals surface area contributed by atoms with E-state index in [1.165, 1.54) is 19.9 Å². The third-order valence-electron chi connectivity index (χ3n) is 5.64. The molecule has 2 aromatic rings. The maximum absolute atomic E-state index is 13.0. The molecule has 1 amide bonds. The first-order valence-corrected chi connectivity index (χ1v) is 13.9. The molecule has 0 saturated carbocycles. The minimum Gasteiger partial charge on any atom is -0.336 e. The molecule has 2 aliphatic rings. The fourth-order valence-corrected chi connectivity index (χ4v) is 8.53. The molecule has 168 valence electrons. The molecule has 0 spiro atoms. The summed E-state index contributed by atoms with van der Waals surface area (Å²) in [5.74, 6) is -0.0406. The highest BCUT2D eigenvalue weighted by atomic mass is 32.2. The van der Waals surface area contributed by atoms with Gasteiger partial charge in [-0.25, -0.2) is 16.8 Å². The molecule has 31 heavy (non-hydrogen) atoms. The first-order valence-electron chi connectivity index (χ1n) is 10.1. The number of hydrogen-bond donors (Lipinski definition) is 0. The number of hydrogen-bond acceptors (Lipinski definition) is 6. The van der Waals surface area contributed by atoms with E-state index in [9.17, 15) is 21.6 Å². The zero-order valence-corrected chi connectivity index (χ0v) is 19.9. The molecule has 0 atom stereocenters. The van der Waals surface area contributed by atoms with Gasteiger partial charge in [-0.05, 0) is 50.6 Å². The summed E-state index contributed by atoms with van der Waals surface area (Å²) in [5, 5.41) is 0. The minimum absolute atomic E-state index is 0.144. The van der Waals surface area contributed by atoms with Crippen molar-refractivity contribution in [2.75, 3.05) is 42.8 Å². The molecule has 0 unspecified atom stereocenters. The van der Waals surface area contributed by atoms with Gasteiger partial charge in [0.25, 0.3) is 5.91 Å². The van der Waals surface area contributed by atoms with Crippen molar-refractivity contribution in [2.45, 2.75) is 25.2 Å². The lowest BCUT2D eigenvalue weighted by Crippen LogP contribution is -2.50. The largest absolute Gasteiger partial charge is 0.336 e. The smallest absolute Gasteiger partial charge is 0.253 e. The van der Waals surface area contributed by atoms with Crippen LogP contribution in [-0.4, -0.2) is 70.4 Å². The summed E-state index contributed by atoms with van der Waals surface area (Å²) >= 11 is 1.46. The number of benzene rings is 1.